The van der Waals surface area contributed by atoms with Gasteiger partial charge in [0.25, 0.3) is 0 Å². The Morgan fingerprint density at radius 2 is 1.50 bits per heavy atom. The molecule has 0 fully saturated rings. The Labute approximate surface area is 116 Å². The summed E-state index contributed by atoms with van der Waals surface area (Å²) in [6.07, 6.45) is 0. The molecule has 18 heavy (non-hydrogen) atoms. The number of ether oxygens (including phenoxy) is 1. The standard InChI is InChI=1S/C12H25N3O2.ClH/c1-6-13-12(14-7-2,15-8-3)9-17-11(16)10(4)5;/h13-15H,4,6-9H2,1-3,5H3;1H. The molecule has 0 rings (SSSR count). The molecule has 6 heteroatoms. The molecule has 5 nitrogen and oxygen atoms in total. The molecule has 0 radical (unpaired) electrons. The van der Waals surface area contributed by atoms with Crippen molar-refractivity contribution >= 4 is 18.4 Å². The molecule has 0 saturated heterocycles. The third-order valence-corrected chi connectivity index (χ3v) is 2.20. The SMILES string of the molecule is C=C(C)C(=O)OCC(NCC)(NCC)NCC.Cl. The average Bonchev–Trinajstić information content (AvgIpc) is 2.27. The van der Waals surface area contributed by atoms with Crippen LogP contribution >= 0.6 is 12.4 Å². The summed E-state index contributed by atoms with van der Waals surface area (Å²) >= 11 is 0. The fraction of sp³-hybridized carbons (Fsp3) is 0.750. The van der Waals surface area contributed by atoms with Crippen molar-refractivity contribution in [3.63, 3.8) is 0 Å². The van der Waals surface area contributed by atoms with Gasteiger partial charge in [0.15, 0.2) is 5.79 Å². The Morgan fingerprint density at radius 1 is 1.11 bits per heavy atom. The van der Waals surface area contributed by atoms with Crippen molar-refractivity contribution in [2.75, 3.05) is 26.2 Å². The van der Waals surface area contributed by atoms with E-state index in [9.17, 15) is 4.79 Å². The minimum absolute atomic E-state index is 0. The lowest BCUT2D eigenvalue weighted by atomic mass is 10.3. The molecule has 0 amide bonds. The number of carbonyl (C=O) groups is 1. The molecule has 0 unspecified atom stereocenters. The first-order chi connectivity index (χ1) is 8.01. The van der Waals surface area contributed by atoms with Crippen molar-refractivity contribution in [3.05, 3.63) is 12.2 Å². The van der Waals surface area contributed by atoms with Crippen molar-refractivity contribution in [1.82, 2.24) is 16.0 Å². The van der Waals surface area contributed by atoms with E-state index in [0.717, 1.165) is 19.6 Å². The zero-order chi connectivity index (χ0) is 13.3. The molecule has 0 aromatic rings. The van der Waals surface area contributed by atoms with Crippen LogP contribution in [0.5, 0.6) is 0 Å². The van der Waals surface area contributed by atoms with E-state index in [1.807, 2.05) is 20.8 Å². The van der Waals surface area contributed by atoms with E-state index in [4.69, 9.17) is 4.74 Å². The number of likely N-dealkylation sites (N-methyl/N-ethyl adjacent to an activating group) is 3. The zero-order valence-corrected chi connectivity index (χ0v) is 12.6. The Balaban J connectivity index is 0. The van der Waals surface area contributed by atoms with E-state index in [1.165, 1.54) is 0 Å². The minimum atomic E-state index is -0.566. The molecule has 0 aliphatic heterocycles. The molecule has 0 bridgehead atoms. The number of nitrogens with one attached hydrogen (secondary N) is 3. The quantitative estimate of drug-likeness (QED) is 0.334. The van der Waals surface area contributed by atoms with E-state index in [-0.39, 0.29) is 25.0 Å². The van der Waals surface area contributed by atoms with Crippen LogP contribution in [0, 0.1) is 0 Å². The van der Waals surface area contributed by atoms with Gasteiger partial charge in [-0.25, -0.2) is 4.79 Å². The van der Waals surface area contributed by atoms with Gasteiger partial charge in [0, 0.05) is 5.57 Å². The summed E-state index contributed by atoms with van der Waals surface area (Å²) in [5.41, 5.74) is 0.406. The fourth-order valence-corrected chi connectivity index (χ4v) is 1.54. The highest BCUT2D eigenvalue weighted by Crippen LogP contribution is 2.00. The zero-order valence-electron chi connectivity index (χ0n) is 11.8. The first-order valence-electron chi connectivity index (χ1n) is 6.09. The van der Waals surface area contributed by atoms with Crippen LogP contribution in [-0.2, 0) is 9.53 Å². The lowest BCUT2D eigenvalue weighted by molar-refractivity contribution is -0.142. The topological polar surface area (TPSA) is 62.4 Å². The number of rotatable bonds is 9. The van der Waals surface area contributed by atoms with Gasteiger partial charge in [-0.1, -0.05) is 27.4 Å². The Kier molecular flexibility index (Phi) is 11.3. The summed E-state index contributed by atoms with van der Waals surface area (Å²) < 4.78 is 5.20. The first kappa shape index (κ1) is 19.7. The molecule has 0 saturated carbocycles. The molecule has 0 aromatic carbocycles. The van der Waals surface area contributed by atoms with Gasteiger partial charge < -0.3 is 4.74 Å². The normalized spacial score (nSPS) is 10.7. The summed E-state index contributed by atoms with van der Waals surface area (Å²) in [5.74, 6) is -0.938. The van der Waals surface area contributed by atoms with Crippen LogP contribution in [0.15, 0.2) is 12.2 Å². The number of carbonyl (C=O) groups excluding carboxylic acids is 1. The third-order valence-electron chi connectivity index (χ3n) is 2.20. The predicted molar refractivity (Wildman–Crippen MR) is 76.8 cm³/mol. The summed E-state index contributed by atoms with van der Waals surface area (Å²) in [4.78, 5) is 11.4. The highest BCUT2D eigenvalue weighted by Gasteiger charge is 2.28. The van der Waals surface area contributed by atoms with Crippen molar-refractivity contribution in [3.8, 4) is 0 Å². The molecule has 0 heterocycles. The van der Waals surface area contributed by atoms with Crippen LogP contribution in [0.2, 0.25) is 0 Å². The lowest BCUT2D eigenvalue weighted by Gasteiger charge is -2.35. The van der Waals surface area contributed by atoms with Gasteiger partial charge in [0.05, 0.1) is 0 Å². The van der Waals surface area contributed by atoms with Gasteiger partial charge in [-0.2, -0.15) is 0 Å². The monoisotopic (exact) mass is 279 g/mol. The van der Waals surface area contributed by atoms with E-state index >= 15 is 0 Å². The largest absolute Gasteiger partial charge is 0.457 e. The second-order valence-corrected chi connectivity index (χ2v) is 3.85. The van der Waals surface area contributed by atoms with Crippen molar-refractivity contribution in [2.24, 2.45) is 0 Å². The van der Waals surface area contributed by atoms with Gasteiger partial charge in [-0.05, 0) is 26.6 Å². The molecule has 0 aromatic heterocycles. The highest BCUT2D eigenvalue weighted by atomic mass is 35.5. The van der Waals surface area contributed by atoms with Crippen LogP contribution in [0.3, 0.4) is 0 Å². The summed E-state index contributed by atoms with van der Waals surface area (Å²) in [6, 6.07) is 0. The van der Waals surface area contributed by atoms with Crippen LogP contribution in [-0.4, -0.2) is 38.0 Å². The molecular weight excluding hydrogens is 254 g/mol. The van der Waals surface area contributed by atoms with Gasteiger partial charge in [0.2, 0.25) is 0 Å². The van der Waals surface area contributed by atoms with Crippen molar-refractivity contribution < 1.29 is 9.53 Å². The summed E-state index contributed by atoms with van der Waals surface area (Å²) in [6.45, 7) is 13.7. The summed E-state index contributed by atoms with van der Waals surface area (Å²) in [7, 11) is 0. The number of hydrogen-bond donors (Lipinski definition) is 3. The van der Waals surface area contributed by atoms with Gasteiger partial charge in [-0.3, -0.25) is 16.0 Å². The van der Waals surface area contributed by atoms with Gasteiger partial charge >= 0.3 is 5.97 Å². The third kappa shape index (κ3) is 6.96. The van der Waals surface area contributed by atoms with Crippen LogP contribution < -0.4 is 16.0 Å². The van der Waals surface area contributed by atoms with Gasteiger partial charge in [-0.15, -0.1) is 12.4 Å². The maximum absolute atomic E-state index is 11.4. The molecule has 108 valence electrons. The maximum Gasteiger partial charge on any atom is 0.333 e. The van der Waals surface area contributed by atoms with Crippen LogP contribution in [0.4, 0.5) is 0 Å². The molecule has 0 atom stereocenters. The van der Waals surface area contributed by atoms with E-state index in [0.29, 0.717) is 5.57 Å². The summed E-state index contributed by atoms with van der Waals surface area (Å²) in [5, 5.41) is 9.79. The molecule has 0 spiro atoms. The van der Waals surface area contributed by atoms with E-state index in [2.05, 4.69) is 22.5 Å². The predicted octanol–water partition coefficient (Wildman–Crippen LogP) is 1.01. The number of esters is 1. The van der Waals surface area contributed by atoms with Crippen LogP contribution in [0.25, 0.3) is 0 Å². The average molecular weight is 280 g/mol. The number of hydrogen-bond acceptors (Lipinski definition) is 5. The lowest BCUT2D eigenvalue weighted by Crippen LogP contribution is -2.69. The molecule has 0 aliphatic carbocycles. The first-order valence-corrected chi connectivity index (χ1v) is 6.09. The Hall–Kier alpha value is -0.620. The highest BCUT2D eigenvalue weighted by molar-refractivity contribution is 5.86. The smallest absolute Gasteiger partial charge is 0.333 e. The van der Waals surface area contributed by atoms with Crippen molar-refractivity contribution in [2.45, 2.75) is 33.5 Å². The van der Waals surface area contributed by atoms with Crippen LogP contribution in [0.1, 0.15) is 27.7 Å². The second-order valence-electron chi connectivity index (χ2n) is 3.85. The Morgan fingerprint density at radius 3 is 1.78 bits per heavy atom. The minimum Gasteiger partial charge on any atom is -0.457 e. The fourth-order valence-electron chi connectivity index (χ4n) is 1.54. The molecule has 3 N–H and O–H groups in total. The van der Waals surface area contributed by atoms with Gasteiger partial charge in [0.1, 0.15) is 6.61 Å². The van der Waals surface area contributed by atoms with E-state index in [1.54, 1.807) is 6.92 Å². The maximum atomic E-state index is 11.4. The second kappa shape index (κ2) is 10.3. The Bertz CT molecular complexity index is 243. The van der Waals surface area contributed by atoms with E-state index < -0.39 is 5.79 Å². The molecular formula is C12H26ClN3O2. The molecule has 0 aliphatic rings. The van der Waals surface area contributed by atoms with Crippen molar-refractivity contribution in [1.29, 1.82) is 0 Å². The number of halogens is 1.